The molecule has 0 aromatic heterocycles. The van der Waals surface area contributed by atoms with E-state index in [1.54, 1.807) is 18.9 Å². The first-order valence-electron chi connectivity index (χ1n) is 6.91. The number of carbonyl (C=O) groups is 1. The summed E-state index contributed by atoms with van der Waals surface area (Å²) in [5, 5.41) is 3.39. The van der Waals surface area contributed by atoms with Crippen LogP contribution in [0.2, 0.25) is 0 Å². The van der Waals surface area contributed by atoms with Crippen molar-refractivity contribution in [1.29, 1.82) is 0 Å². The highest BCUT2D eigenvalue weighted by Crippen LogP contribution is 2.22. The van der Waals surface area contributed by atoms with Crippen molar-refractivity contribution < 1.29 is 9.53 Å². The van der Waals surface area contributed by atoms with E-state index in [-0.39, 0.29) is 24.4 Å². The monoisotopic (exact) mass is 330 g/mol. The zero-order chi connectivity index (χ0) is 14.5. The summed E-state index contributed by atoms with van der Waals surface area (Å²) in [4.78, 5) is 15.4. The van der Waals surface area contributed by atoms with Crippen molar-refractivity contribution in [2.45, 2.75) is 30.8 Å². The second kappa shape index (κ2) is 8.51. The van der Waals surface area contributed by atoms with Crippen LogP contribution >= 0.6 is 24.2 Å². The molecule has 1 aromatic carbocycles. The number of methoxy groups -OCH3 is 1. The van der Waals surface area contributed by atoms with Gasteiger partial charge in [-0.05, 0) is 38.1 Å². The number of halogens is 1. The minimum absolute atomic E-state index is 0. The van der Waals surface area contributed by atoms with Crippen LogP contribution in [0, 0.1) is 0 Å². The molecule has 1 aliphatic rings. The van der Waals surface area contributed by atoms with E-state index in [1.807, 2.05) is 29.2 Å². The number of nitrogens with one attached hydrogen (secondary N) is 1. The molecule has 4 nitrogen and oxygen atoms in total. The maximum absolute atomic E-state index is 12.3. The predicted octanol–water partition coefficient (Wildman–Crippen LogP) is 2.42. The fraction of sp³-hybridized carbons (Fsp3) is 0.533. The Kier molecular flexibility index (Phi) is 7.35. The zero-order valence-electron chi connectivity index (χ0n) is 12.7. The van der Waals surface area contributed by atoms with E-state index < -0.39 is 0 Å². The van der Waals surface area contributed by atoms with Crippen molar-refractivity contribution in [3.63, 3.8) is 0 Å². The van der Waals surface area contributed by atoms with Gasteiger partial charge in [-0.2, -0.15) is 0 Å². The van der Waals surface area contributed by atoms with Crippen molar-refractivity contribution in [2.24, 2.45) is 0 Å². The van der Waals surface area contributed by atoms with Crippen molar-refractivity contribution in [3.05, 3.63) is 24.3 Å². The lowest BCUT2D eigenvalue weighted by atomic mass is 10.1. The molecule has 1 aromatic rings. The number of carbonyl (C=O) groups excluding carboxylic acids is 1. The van der Waals surface area contributed by atoms with Gasteiger partial charge in [-0.25, -0.2) is 0 Å². The van der Waals surface area contributed by atoms with Gasteiger partial charge in [0, 0.05) is 30.1 Å². The highest BCUT2D eigenvalue weighted by molar-refractivity contribution is 8.00. The van der Waals surface area contributed by atoms with Gasteiger partial charge < -0.3 is 15.0 Å². The van der Waals surface area contributed by atoms with Gasteiger partial charge >= 0.3 is 0 Å². The molecule has 2 atom stereocenters. The molecule has 1 fully saturated rings. The average Bonchev–Trinajstić information content (AvgIpc) is 2.48. The van der Waals surface area contributed by atoms with Crippen LogP contribution in [0.15, 0.2) is 29.2 Å². The van der Waals surface area contributed by atoms with Crippen molar-refractivity contribution in [2.75, 3.05) is 26.0 Å². The molecule has 0 aliphatic carbocycles. The zero-order valence-corrected chi connectivity index (χ0v) is 14.3. The largest absolute Gasteiger partial charge is 0.497 e. The molecule has 1 aliphatic heterocycles. The Morgan fingerprint density at radius 2 is 2.05 bits per heavy atom. The summed E-state index contributed by atoms with van der Waals surface area (Å²) in [6.07, 6.45) is 0. The van der Waals surface area contributed by atoms with Gasteiger partial charge in [-0.3, -0.25) is 4.79 Å². The molecule has 2 unspecified atom stereocenters. The smallest absolute Gasteiger partial charge is 0.233 e. The Bertz CT molecular complexity index is 455. The van der Waals surface area contributed by atoms with Crippen molar-refractivity contribution in [1.82, 2.24) is 10.2 Å². The summed E-state index contributed by atoms with van der Waals surface area (Å²) < 4.78 is 5.12. The summed E-state index contributed by atoms with van der Waals surface area (Å²) in [7, 11) is 1.65. The first-order chi connectivity index (χ1) is 9.61. The first kappa shape index (κ1) is 18.1. The van der Waals surface area contributed by atoms with Crippen LogP contribution in [0.1, 0.15) is 13.8 Å². The van der Waals surface area contributed by atoms with E-state index in [2.05, 4.69) is 19.2 Å². The third kappa shape index (κ3) is 4.80. The maximum Gasteiger partial charge on any atom is 0.233 e. The van der Waals surface area contributed by atoms with E-state index in [1.165, 1.54) is 0 Å². The third-order valence-corrected chi connectivity index (χ3v) is 4.77. The second-order valence-corrected chi connectivity index (χ2v) is 6.08. The Labute approximate surface area is 137 Å². The van der Waals surface area contributed by atoms with Gasteiger partial charge in [0.2, 0.25) is 5.91 Å². The number of piperazine rings is 1. The van der Waals surface area contributed by atoms with Crippen LogP contribution in [0.5, 0.6) is 5.75 Å². The number of thioether (sulfide) groups is 1. The minimum atomic E-state index is 0. The van der Waals surface area contributed by atoms with Crippen LogP contribution < -0.4 is 10.1 Å². The summed E-state index contributed by atoms with van der Waals surface area (Å²) in [6.45, 7) is 5.91. The molecule has 0 radical (unpaired) electrons. The summed E-state index contributed by atoms with van der Waals surface area (Å²) >= 11 is 1.58. The number of hydrogen-bond donors (Lipinski definition) is 1. The number of amides is 1. The average molecular weight is 331 g/mol. The fourth-order valence-corrected chi connectivity index (χ4v) is 3.09. The van der Waals surface area contributed by atoms with Gasteiger partial charge in [0.05, 0.1) is 12.9 Å². The Morgan fingerprint density at radius 3 is 2.67 bits per heavy atom. The maximum atomic E-state index is 12.3. The molecular weight excluding hydrogens is 308 g/mol. The molecule has 0 saturated carbocycles. The molecule has 2 rings (SSSR count). The highest BCUT2D eigenvalue weighted by atomic mass is 35.5. The lowest BCUT2D eigenvalue weighted by molar-refractivity contribution is -0.131. The summed E-state index contributed by atoms with van der Waals surface area (Å²) in [5.41, 5.74) is 0. The quantitative estimate of drug-likeness (QED) is 0.861. The molecule has 1 amide bonds. The van der Waals surface area contributed by atoms with Gasteiger partial charge in [-0.15, -0.1) is 24.2 Å². The van der Waals surface area contributed by atoms with E-state index in [4.69, 9.17) is 4.74 Å². The predicted molar refractivity (Wildman–Crippen MR) is 89.6 cm³/mol. The molecule has 1 heterocycles. The van der Waals surface area contributed by atoms with Gasteiger partial charge in [0.1, 0.15) is 5.75 Å². The topological polar surface area (TPSA) is 41.6 Å². The Hall–Kier alpha value is -0.910. The normalized spacial score (nSPS) is 21.6. The van der Waals surface area contributed by atoms with Gasteiger partial charge in [-0.1, -0.05) is 0 Å². The minimum Gasteiger partial charge on any atom is -0.497 e. The Balaban J connectivity index is 0.00000220. The molecular formula is C15H23ClN2O2S. The molecule has 0 bridgehead atoms. The lowest BCUT2D eigenvalue weighted by Gasteiger charge is -2.38. The molecule has 0 spiro atoms. The fourth-order valence-electron chi connectivity index (χ4n) is 2.31. The van der Waals surface area contributed by atoms with Crippen LogP contribution in [0.25, 0.3) is 0 Å². The van der Waals surface area contributed by atoms with Gasteiger partial charge in [0.15, 0.2) is 0 Å². The summed E-state index contributed by atoms with van der Waals surface area (Å²) in [5.74, 6) is 1.54. The number of ether oxygens (including phenoxy) is 1. The first-order valence-corrected chi connectivity index (χ1v) is 7.90. The highest BCUT2D eigenvalue weighted by Gasteiger charge is 2.27. The van der Waals surface area contributed by atoms with E-state index in [0.717, 1.165) is 23.7 Å². The third-order valence-electron chi connectivity index (χ3n) is 3.78. The second-order valence-electron chi connectivity index (χ2n) is 5.03. The van der Waals surface area contributed by atoms with Crippen LogP contribution in [0.4, 0.5) is 0 Å². The summed E-state index contributed by atoms with van der Waals surface area (Å²) in [6, 6.07) is 8.43. The number of hydrogen-bond acceptors (Lipinski definition) is 4. The van der Waals surface area contributed by atoms with E-state index in [9.17, 15) is 4.79 Å². The number of nitrogens with zero attached hydrogens (tertiary/aromatic N) is 1. The molecule has 1 N–H and O–H groups in total. The van der Waals surface area contributed by atoms with Gasteiger partial charge in [0.25, 0.3) is 0 Å². The van der Waals surface area contributed by atoms with E-state index >= 15 is 0 Å². The Morgan fingerprint density at radius 1 is 1.38 bits per heavy atom. The van der Waals surface area contributed by atoms with Crippen molar-refractivity contribution >= 4 is 30.1 Å². The van der Waals surface area contributed by atoms with Crippen molar-refractivity contribution in [3.8, 4) is 5.75 Å². The molecule has 1 saturated heterocycles. The SMILES string of the molecule is COc1ccc(SCC(=O)N2CCNC(C)C2C)cc1.Cl. The van der Waals surface area contributed by atoms with E-state index in [0.29, 0.717) is 11.8 Å². The molecule has 6 heteroatoms. The lowest BCUT2D eigenvalue weighted by Crippen LogP contribution is -2.57. The number of rotatable bonds is 4. The molecule has 118 valence electrons. The standard InChI is InChI=1S/C15H22N2O2S.ClH/c1-11-12(2)17(9-8-16-11)15(18)10-20-14-6-4-13(19-3)5-7-14;/h4-7,11-12,16H,8-10H2,1-3H3;1H. The number of benzene rings is 1. The van der Waals surface area contributed by atoms with Crippen LogP contribution in [-0.4, -0.2) is 48.8 Å². The molecule has 21 heavy (non-hydrogen) atoms. The van der Waals surface area contributed by atoms with Crippen LogP contribution in [0.3, 0.4) is 0 Å². The van der Waals surface area contributed by atoms with Crippen LogP contribution in [-0.2, 0) is 4.79 Å².